The number of nitrogens with one attached hydrogen (secondary N) is 1. The van der Waals surface area contributed by atoms with Gasteiger partial charge < -0.3 is 10.1 Å². The van der Waals surface area contributed by atoms with Crippen molar-refractivity contribution in [1.29, 1.82) is 0 Å². The monoisotopic (exact) mass is 275 g/mol. The number of benzene rings is 1. The van der Waals surface area contributed by atoms with Gasteiger partial charge >= 0.3 is 0 Å². The van der Waals surface area contributed by atoms with Crippen molar-refractivity contribution in [1.82, 2.24) is 5.32 Å². The molecule has 1 atom stereocenters. The van der Waals surface area contributed by atoms with Crippen molar-refractivity contribution in [2.24, 2.45) is 0 Å². The Kier molecular flexibility index (Phi) is 3.90. The highest BCUT2D eigenvalue weighted by atomic mass is 35.5. The van der Waals surface area contributed by atoms with Gasteiger partial charge in [0.25, 0.3) is 0 Å². The standard InChI is InChI=1S/C13H16ClF2NO/c1-13(4-3-5-17-13)9-6-10(14)8(7-18-2)11(15)12(9)16/h6,17H,3-5,7H2,1-2H3. The fourth-order valence-corrected chi connectivity index (χ4v) is 2.68. The zero-order valence-electron chi connectivity index (χ0n) is 10.4. The molecule has 0 radical (unpaired) electrons. The van der Waals surface area contributed by atoms with E-state index < -0.39 is 17.2 Å². The minimum absolute atomic E-state index is 0.0357. The Balaban J connectivity index is 2.50. The van der Waals surface area contributed by atoms with Gasteiger partial charge in [0.2, 0.25) is 0 Å². The van der Waals surface area contributed by atoms with Gasteiger partial charge in [-0.05, 0) is 32.4 Å². The average molecular weight is 276 g/mol. The second-order valence-corrected chi connectivity index (χ2v) is 5.22. The Morgan fingerprint density at radius 3 is 2.72 bits per heavy atom. The molecule has 5 heteroatoms. The maximum absolute atomic E-state index is 14.1. The van der Waals surface area contributed by atoms with Gasteiger partial charge in [-0.2, -0.15) is 0 Å². The summed E-state index contributed by atoms with van der Waals surface area (Å²) in [7, 11) is 1.42. The molecule has 0 saturated carbocycles. The number of hydrogen-bond donors (Lipinski definition) is 1. The summed E-state index contributed by atoms with van der Waals surface area (Å²) in [6, 6.07) is 1.51. The summed E-state index contributed by atoms with van der Waals surface area (Å²) in [5.41, 5.74) is -0.176. The quantitative estimate of drug-likeness (QED) is 0.854. The van der Waals surface area contributed by atoms with E-state index in [4.69, 9.17) is 16.3 Å². The van der Waals surface area contributed by atoms with Crippen molar-refractivity contribution in [3.63, 3.8) is 0 Å². The molecule has 1 aliphatic heterocycles. The zero-order valence-corrected chi connectivity index (χ0v) is 11.2. The first-order chi connectivity index (χ1) is 8.49. The van der Waals surface area contributed by atoms with E-state index >= 15 is 0 Å². The Hall–Kier alpha value is -0.710. The van der Waals surface area contributed by atoms with E-state index in [0.717, 1.165) is 19.4 Å². The number of ether oxygens (including phenoxy) is 1. The van der Waals surface area contributed by atoms with E-state index in [-0.39, 0.29) is 17.2 Å². The van der Waals surface area contributed by atoms with Crippen LogP contribution < -0.4 is 5.32 Å². The third kappa shape index (κ3) is 2.25. The topological polar surface area (TPSA) is 21.3 Å². The average Bonchev–Trinajstić information content (AvgIpc) is 2.77. The lowest BCUT2D eigenvalue weighted by molar-refractivity contribution is 0.180. The first kappa shape index (κ1) is 13.7. The first-order valence-corrected chi connectivity index (χ1v) is 6.28. The van der Waals surface area contributed by atoms with Gasteiger partial charge in [0.05, 0.1) is 6.61 Å². The predicted molar refractivity (Wildman–Crippen MR) is 66.7 cm³/mol. The van der Waals surface area contributed by atoms with Crippen LogP contribution in [0.5, 0.6) is 0 Å². The lowest BCUT2D eigenvalue weighted by atomic mass is 9.89. The molecule has 1 aromatic carbocycles. The van der Waals surface area contributed by atoms with Crippen molar-refractivity contribution >= 4 is 11.6 Å². The molecule has 0 aliphatic carbocycles. The molecule has 1 aromatic rings. The molecular weight excluding hydrogens is 260 g/mol. The number of hydrogen-bond acceptors (Lipinski definition) is 2. The van der Waals surface area contributed by atoms with Crippen molar-refractivity contribution in [2.75, 3.05) is 13.7 Å². The highest BCUT2D eigenvalue weighted by Crippen LogP contribution is 2.36. The summed E-state index contributed by atoms with van der Waals surface area (Å²) in [6.45, 7) is 2.63. The Morgan fingerprint density at radius 1 is 1.44 bits per heavy atom. The lowest BCUT2D eigenvalue weighted by Gasteiger charge is -2.26. The van der Waals surface area contributed by atoms with Crippen LogP contribution in [0.3, 0.4) is 0 Å². The SMILES string of the molecule is COCc1c(Cl)cc(C2(C)CCCN2)c(F)c1F. The van der Waals surface area contributed by atoms with E-state index in [9.17, 15) is 8.78 Å². The Labute approximate surface area is 110 Å². The summed E-state index contributed by atoms with van der Waals surface area (Å²) < 4.78 is 32.9. The maximum Gasteiger partial charge on any atom is 0.166 e. The van der Waals surface area contributed by atoms with Crippen LogP contribution in [-0.2, 0) is 16.9 Å². The van der Waals surface area contributed by atoms with Crippen molar-refractivity contribution in [2.45, 2.75) is 31.9 Å². The van der Waals surface area contributed by atoms with Crippen LogP contribution in [0.1, 0.15) is 30.9 Å². The van der Waals surface area contributed by atoms with Crippen LogP contribution in [0, 0.1) is 11.6 Å². The minimum atomic E-state index is -0.908. The molecule has 2 rings (SSSR count). The van der Waals surface area contributed by atoms with Crippen molar-refractivity contribution in [3.8, 4) is 0 Å². The van der Waals surface area contributed by atoms with E-state index in [1.165, 1.54) is 13.2 Å². The molecule has 0 spiro atoms. The van der Waals surface area contributed by atoms with Gasteiger partial charge in [-0.3, -0.25) is 0 Å². The van der Waals surface area contributed by atoms with Crippen LogP contribution in [-0.4, -0.2) is 13.7 Å². The van der Waals surface area contributed by atoms with Crippen LogP contribution in [0.15, 0.2) is 6.07 Å². The zero-order chi connectivity index (χ0) is 13.3. The third-order valence-electron chi connectivity index (χ3n) is 3.51. The molecule has 1 heterocycles. The largest absolute Gasteiger partial charge is 0.380 e. The van der Waals surface area contributed by atoms with E-state index in [2.05, 4.69) is 5.32 Å². The molecule has 2 nitrogen and oxygen atoms in total. The molecular formula is C13H16ClF2NO. The molecule has 1 N–H and O–H groups in total. The first-order valence-electron chi connectivity index (χ1n) is 5.90. The highest BCUT2D eigenvalue weighted by Gasteiger charge is 2.34. The maximum atomic E-state index is 14.1. The van der Waals surface area contributed by atoms with Gasteiger partial charge in [0, 0.05) is 28.8 Å². The predicted octanol–water partition coefficient (Wildman–Crippen LogP) is 3.36. The van der Waals surface area contributed by atoms with E-state index in [1.807, 2.05) is 6.92 Å². The molecule has 0 aromatic heterocycles. The number of rotatable bonds is 3. The van der Waals surface area contributed by atoms with Crippen LogP contribution in [0.25, 0.3) is 0 Å². The second-order valence-electron chi connectivity index (χ2n) is 4.81. The van der Waals surface area contributed by atoms with Gasteiger partial charge in [-0.15, -0.1) is 0 Å². The molecule has 0 amide bonds. The molecule has 1 fully saturated rings. The van der Waals surface area contributed by atoms with Crippen LogP contribution in [0.4, 0.5) is 8.78 Å². The molecule has 100 valence electrons. The van der Waals surface area contributed by atoms with Gasteiger partial charge in [-0.25, -0.2) is 8.78 Å². The molecule has 1 aliphatic rings. The molecule has 0 bridgehead atoms. The third-order valence-corrected chi connectivity index (χ3v) is 3.84. The summed E-state index contributed by atoms with van der Waals surface area (Å²) in [6.07, 6.45) is 1.71. The molecule has 1 saturated heterocycles. The second kappa shape index (κ2) is 5.11. The fourth-order valence-electron chi connectivity index (χ4n) is 2.44. The van der Waals surface area contributed by atoms with Crippen LogP contribution >= 0.6 is 11.6 Å². The normalized spacial score (nSPS) is 23.6. The minimum Gasteiger partial charge on any atom is -0.380 e. The fraction of sp³-hybridized carbons (Fsp3) is 0.538. The Morgan fingerprint density at radius 2 is 2.17 bits per heavy atom. The number of halogens is 3. The van der Waals surface area contributed by atoms with Crippen LogP contribution in [0.2, 0.25) is 5.02 Å². The summed E-state index contributed by atoms with van der Waals surface area (Å²) in [5, 5.41) is 3.41. The smallest absolute Gasteiger partial charge is 0.166 e. The summed E-state index contributed by atoms with van der Waals surface area (Å²) in [5.74, 6) is -1.74. The lowest BCUT2D eigenvalue weighted by Crippen LogP contribution is -2.34. The van der Waals surface area contributed by atoms with E-state index in [1.54, 1.807) is 0 Å². The molecule has 1 unspecified atom stereocenters. The Bertz CT molecular complexity index is 459. The van der Waals surface area contributed by atoms with Crippen molar-refractivity contribution < 1.29 is 13.5 Å². The number of methoxy groups -OCH3 is 1. The van der Waals surface area contributed by atoms with Gasteiger partial charge in [0.15, 0.2) is 11.6 Å². The summed E-state index contributed by atoms with van der Waals surface area (Å²) in [4.78, 5) is 0. The van der Waals surface area contributed by atoms with Gasteiger partial charge in [0.1, 0.15) is 0 Å². The van der Waals surface area contributed by atoms with E-state index in [0.29, 0.717) is 5.56 Å². The highest BCUT2D eigenvalue weighted by molar-refractivity contribution is 6.31. The molecule has 18 heavy (non-hydrogen) atoms. The van der Waals surface area contributed by atoms with Crippen molar-refractivity contribution in [3.05, 3.63) is 33.9 Å². The summed E-state index contributed by atoms with van der Waals surface area (Å²) >= 11 is 6.01. The van der Waals surface area contributed by atoms with Gasteiger partial charge in [-0.1, -0.05) is 11.6 Å².